The number of aromatic nitrogens is 3. The van der Waals surface area contributed by atoms with Crippen LogP contribution in [0.1, 0.15) is 42.6 Å². The summed E-state index contributed by atoms with van der Waals surface area (Å²) in [5, 5.41) is 7.99. The quantitative estimate of drug-likeness (QED) is 0.887. The molecule has 0 spiro atoms. The van der Waals surface area contributed by atoms with Crippen molar-refractivity contribution in [2.75, 3.05) is 10.6 Å². The maximum Gasteiger partial charge on any atom is 0.234 e. The molecule has 1 amide bonds. The van der Waals surface area contributed by atoms with Gasteiger partial charge in [-0.25, -0.2) is 0 Å². The molecule has 2 rings (SSSR count). The highest BCUT2D eigenvalue weighted by atomic mass is 32.1. The first kappa shape index (κ1) is 15.4. The maximum atomic E-state index is 11.1. The molecule has 2 N–H and O–H groups in total. The smallest absolute Gasteiger partial charge is 0.234 e. The van der Waals surface area contributed by atoms with Crippen molar-refractivity contribution in [3.05, 3.63) is 27.7 Å². The third-order valence-corrected chi connectivity index (χ3v) is 4.10. The van der Waals surface area contributed by atoms with Crippen molar-refractivity contribution in [1.82, 2.24) is 15.0 Å². The van der Waals surface area contributed by atoms with Crippen LogP contribution in [0.5, 0.6) is 0 Å². The van der Waals surface area contributed by atoms with E-state index in [2.05, 4.69) is 50.9 Å². The van der Waals surface area contributed by atoms with E-state index in [1.54, 1.807) is 18.3 Å². The van der Waals surface area contributed by atoms with Crippen LogP contribution < -0.4 is 10.6 Å². The van der Waals surface area contributed by atoms with Gasteiger partial charge < -0.3 is 5.32 Å². The topological polar surface area (TPSA) is 79.8 Å². The van der Waals surface area contributed by atoms with Crippen LogP contribution in [0, 0.1) is 13.8 Å². The lowest BCUT2D eigenvalue weighted by molar-refractivity contribution is -0.114. The van der Waals surface area contributed by atoms with Crippen LogP contribution >= 0.6 is 11.3 Å². The van der Waals surface area contributed by atoms with Gasteiger partial charge in [0.2, 0.25) is 17.8 Å². The first-order valence-corrected chi connectivity index (χ1v) is 7.68. The summed E-state index contributed by atoms with van der Waals surface area (Å²) >= 11 is 1.72. The Morgan fingerprint density at radius 1 is 1.29 bits per heavy atom. The second kappa shape index (κ2) is 6.62. The van der Waals surface area contributed by atoms with Crippen molar-refractivity contribution < 1.29 is 4.79 Å². The molecule has 0 aliphatic carbocycles. The largest absolute Gasteiger partial charge is 0.346 e. The first-order valence-electron chi connectivity index (χ1n) is 6.80. The van der Waals surface area contributed by atoms with Crippen molar-refractivity contribution in [2.45, 2.75) is 40.2 Å². The van der Waals surface area contributed by atoms with E-state index in [4.69, 9.17) is 0 Å². The average molecular weight is 305 g/mol. The molecule has 1 atom stereocenters. The normalized spacial score (nSPS) is 12.0. The summed E-state index contributed by atoms with van der Waals surface area (Å²) in [6.07, 6.45) is 0.918. The van der Waals surface area contributed by atoms with Crippen molar-refractivity contribution >= 4 is 29.1 Å². The fraction of sp³-hybridized carbons (Fsp3) is 0.429. The third-order valence-electron chi connectivity index (χ3n) is 2.96. The number of hydrogen-bond donors (Lipinski definition) is 2. The Kier molecular flexibility index (Phi) is 4.85. The molecule has 2 aromatic rings. The summed E-state index contributed by atoms with van der Waals surface area (Å²) in [5.41, 5.74) is 1.26. The molecule has 2 aromatic heterocycles. The summed E-state index contributed by atoms with van der Waals surface area (Å²) < 4.78 is 0. The predicted octanol–water partition coefficient (Wildman–Crippen LogP) is 3.07. The molecule has 0 radical (unpaired) electrons. The number of thiophene rings is 1. The number of carbonyl (C=O) groups is 1. The van der Waals surface area contributed by atoms with Crippen LogP contribution in [0.15, 0.2) is 11.4 Å². The lowest BCUT2D eigenvalue weighted by atomic mass is 10.1. The van der Waals surface area contributed by atoms with Crippen molar-refractivity contribution in [3.8, 4) is 0 Å². The van der Waals surface area contributed by atoms with Crippen molar-refractivity contribution in [1.29, 1.82) is 0 Å². The molecular weight excluding hydrogens is 286 g/mol. The van der Waals surface area contributed by atoms with Gasteiger partial charge in [-0.1, -0.05) is 6.92 Å². The number of nitrogens with zero attached hydrogens (tertiary/aromatic N) is 3. The lowest BCUT2D eigenvalue weighted by Crippen LogP contribution is -2.16. The predicted molar refractivity (Wildman–Crippen MR) is 84.6 cm³/mol. The maximum absolute atomic E-state index is 11.1. The van der Waals surface area contributed by atoms with Gasteiger partial charge >= 0.3 is 0 Å². The number of hydrogen-bond acceptors (Lipinski definition) is 6. The van der Waals surface area contributed by atoms with Crippen LogP contribution in [-0.2, 0) is 4.79 Å². The van der Waals surface area contributed by atoms with E-state index in [9.17, 15) is 4.79 Å². The van der Waals surface area contributed by atoms with Crippen molar-refractivity contribution in [2.24, 2.45) is 0 Å². The van der Waals surface area contributed by atoms with Gasteiger partial charge in [-0.05, 0) is 37.3 Å². The van der Waals surface area contributed by atoms with Gasteiger partial charge in [0.15, 0.2) is 0 Å². The van der Waals surface area contributed by atoms with Crippen LogP contribution in [-0.4, -0.2) is 20.9 Å². The number of rotatable bonds is 5. The lowest BCUT2D eigenvalue weighted by Gasteiger charge is -2.17. The summed E-state index contributed by atoms with van der Waals surface area (Å²) in [7, 11) is 0. The monoisotopic (exact) mass is 305 g/mol. The molecule has 0 saturated heterocycles. The first-order chi connectivity index (χ1) is 9.99. The molecular formula is C14H19N5OS. The minimum absolute atomic E-state index is 0.150. The van der Waals surface area contributed by atoms with Crippen LogP contribution in [0.4, 0.5) is 11.9 Å². The highest BCUT2D eigenvalue weighted by molar-refractivity contribution is 7.10. The molecule has 6 nitrogen and oxygen atoms in total. The number of amides is 1. The standard InChI is InChI=1S/C14H19N5OS/c1-5-11(12-8(2)6-7-21-12)18-14-16-9(3)15-13(19-14)17-10(4)20/h6-7,11H,5H2,1-4H3,(H2,15,16,17,18,19,20). The average Bonchev–Trinajstić information content (AvgIpc) is 2.80. The number of nitrogens with one attached hydrogen (secondary N) is 2. The molecule has 112 valence electrons. The van der Waals surface area contributed by atoms with Gasteiger partial charge in [-0.3, -0.25) is 10.1 Å². The fourth-order valence-corrected chi connectivity index (χ4v) is 3.07. The summed E-state index contributed by atoms with van der Waals surface area (Å²) in [6, 6.07) is 2.25. The molecule has 0 bridgehead atoms. The van der Waals surface area contributed by atoms with E-state index < -0.39 is 0 Å². The SMILES string of the molecule is CCC(Nc1nc(C)nc(NC(C)=O)n1)c1sccc1C. The third kappa shape index (κ3) is 3.98. The second-order valence-electron chi connectivity index (χ2n) is 4.78. The second-order valence-corrected chi connectivity index (χ2v) is 5.73. The van der Waals surface area contributed by atoms with E-state index in [0.717, 1.165) is 6.42 Å². The molecule has 0 aliphatic rings. The zero-order valence-electron chi connectivity index (χ0n) is 12.6. The highest BCUT2D eigenvalue weighted by Gasteiger charge is 2.15. The molecule has 1 unspecified atom stereocenters. The Bertz CT molecular complexity index is 640. The van der Waals surface area contributed by atoms with Gasteiger partial charge in [0.05, 0.1) is 6.04 Å². The summed E-state index contributed by atoms with van der Waals surface area (Å²) in [4.78, 5) is 25.0. The molecule has 0 saturated carbocycles. The summed E-state index contributed by atoms with van der Waals surface area (Å²) in [5.74, 6) is 1.11. The van der Waals surface area contributed by atoms with Crippen LogP contribution in [0.25, 0.3) is 0 Å². The molecule has 21 heavy (non-hydrogen) atoms. The van der Waals surface area contributed by atoms with E-state index in [1.165, 1.54) is 17.4 Å². The zero-order chi connectivity index (χ0) is 15.4. The Labute approximate surface area is 128 Å². The number of aryl methyl sites for hydroxylation is 2. The Hall–Kier alpha value is -2.02. The van der Waals surface area contributed by atoms with Crippen molar-refractivity contribution in [3.63, 3.8) is 0 Å². The minimum Gasteiger partial charge on any atom is -0.346 e. The van der Waals surface area contributed by atoms with Gasteiger partial charge in [-0.15, -0.1) is 11.3 Å². The van der Waals surface area contributed by atoms with Gasteiger partial charge in [0.1, 0.15) is 5.82 Å². The van der Waals surface area contributed by atoms with E-state index in [-0.39, 0.29) is 17.9 Å². The Morgan fingerprint density at radius 2 is 2.00 bits per heavy atom. The minimum atomic E-state index is -0.201. The number of anilines is 2. The summed E-state index contributed by atoms with van der Waals surface area (Å²) in [6.45, 7) is 7.41. The number of carbonyl (C=O) groups excluding carboxylic acids is 1. The van der Waals surface area contributed by atoms with Crippen LogP contribution in [0.2, 0.25) is 0 Å². The fourth-order valence-electron chi connectivity index (χ4n) is 2.01. The Morgan fingerprint density at radius 3 is 2.57 bits per heavy atom. The van der Waals surface area contributed by atoms with Gasteiger partial charge in [-0.2, -0.15) is 15.0 Å². The van der Waals surface area contributed by atoms with E-state index in [0.29, 0.717) is 11.8 Å². The molecule has 2 heterocycles. The van der Waals surface area contributed by atoms with Gasteiger partial charge in [0.25, 0.3) is 0 Å². The zero-order valence-corrected chi connectivity index (χ0v) is 13.4. The molecule has 0 aromatic carbocycles. The molecule has 0 aliphatic heterocycles. The van der Waals surface area contributed by atoms with Crippen LogP contribution in [0.3, 0.4) is 0 Å². The highest BCUT2D eigenvalue weighted by Crippen LogP contribution is 2.28. The molecule has 0 fully saturated rings. The van der Waals surface area contributed by atoms with E-state index in [1.807, 2.05) is 0 Å². The Balaban J connectivity index is 2.23. The van der Waals surface area contributed by atoms with Gasteiger partial charge in [0, 0.05) is 11.8 Å². The molecule has 7 heteroatoms. The van der Waals surface area contributed by atoms with E-state index >= 15 is 0 Å².